The van der Waals surface area contributed by atoms with Gasteiger partial charge in [0.2, 0.25) is 0 Å². The van der Waals surface area contributed by atoms with Crippen molar-refractivity contribution >= 4 is 46.6 Å². The molecule has 0 heterocycles. The molecule has 0 aromatic heterocycles. The number of carbonyl (C=O) groups excluding carboxylic acids is 1. The van der Waals surface area contributed by atoms with Crippen LogP contribution in [0, 0.1) is 21.4 Å². The fourth-order valence-electron chi connectivity index (χ4n) is 2.88. The van der Waals surface area contributed by atoms with Crippen LogP contribution in [0.2, 0.25) is 10.0 Å². The average Bonchev–Trinajstić information content (AvgIpc) is 2.82. The maximum absolute atomic E-state index is 12.5. The van der Waals surface area contributed by atoms with Crippen molar-refractivity contribution in [1.29, 1.82) is 5.26 Å². The number of amides is 1. The van der Waals surface area contributed by atoms with Gasteiger partial charge in [0.05, 0.1) is 17.1 Å². The Morgan fingerprint density at radius 2 is 1.82 bits per heavy atom. The van der Waals surface area contributed by atoms with Crippen LogP contribution in [0.3, 0.4) is 0 Å². The molecule has 8 nitrogen and oxygen atoms in total. The molecular weight excluding hydrogens is 481 g/mol. The van der Waals surface area contributed by atoms with E-state index in [1.54, 1.807) is 18.2 Å². The fraction of sp³-hybridized carbons (Fsp3) is 0.0833. The molecule has 3 aromatic carbocycles. The van der Waals surface area contributed by atoms with Crippen LogP contribution in [-0.2, 0) is 11.4 Å². The van der Waals surface area contributed by atoms with Gasteiger partial charge in [0.1, 0.15) is 18.2 Å². The van der Waals surface area contributed by atoms with Crippen LogP contribution in [0.4, 0.5) is 11.4 Å². The standard InChI is InChI=1S/C24H17Cl2N3O5/c1-33-22-12-16(11-21(26)23(22)34-14-15-2-4-18(25)5-3-15)10-17(13-27)24(30)28-19-6-8-20(9-7-19)29(31)32/h2-12H,14H2,1H3,(H,28,30). The Kier molecular flexibility index (Phi) is 8.09. The van der Waals surface area contributed by atoms with Gasteiger partial charge in [-0.15, -0.1) is 0 Å². The summed E-state index contributed by atoms with van der Waals surface area (Å²) in [7, 11) is 1.45. The summed E-state index contributed by atoms with van der Waals surface area (Å²) in [6.45, 7) is 0.226. The van der Waals surface area contributed by atoms with Crippen LogP contribution in [0.15, 0.2) is 66.2 Å². The molecule has 10 heteroatoms. The number of halogens is 2. The van der Waals surface area contributed by atoms with Gasteiger partial charge in [-0.25, -0.2) is 0 Å². The van der Waals surface area contributed by atoms with Gasteiger partial charge in [-0.3, -0.25) is 14.9 Å². The zero-order valence-corrected chi connectivity index (χ0v) is 19.3. The summed E-state index contributed by atoms with van der Waals surface area (Å²) in [6.07, 6.45) is 1.35. The van der Waals surface area contributed by atoms with E-state index >= 15 is 0 Å². The lowest BCUT2D eigenvalue weighted by atomic mass is 10.1. The van der Waals surface area contributed by atoms with Crippen molar-refractivity contribution in [2.75, 3.05) is 12.4 Å². The number of rotatable bonds is 8. The minimum absolute atomic E-state index is 0.117. The number of benzene rings is 3. The number of hydrogen-bond donors (Lipinski definition) is 1. The Morgan fingerprint density at radius 1 is 1.15 bits per heavy atom. The van der Waals surface area contributed by atoms with Gasteiger partial charge in [-0.1, -0.05) is 35.3 Å². The van der Waals surface area contributed by atoms with Gasteiger partial charge in [-0.2, -0.15) is 5.26 Å². The fourth-order valence-corrected chi connectivity index (χ4v) is 3.28. The maximum atomic E-state index is 12.5. The number of non-ortho nitro benzene ring substituents is 1. The van der Waals surface area contributed by atoms with Crippen LogP contribution in [0.5, 0.6) is 11.5 Å². The Bertz CT molecular complexity index is 1280. The number of anilines is 1. The van der Waals surface area contributed by atoms with Crippen molar-refractivity contribution in [2.24, 2.45) is 0 Å². The molecule has 34 heavy (non-hydrogen) atoms. The lowest BCUT2D eigenvalue weighted by molar-refractivity contribution is -0.384. The molecule has 0 atom stereocenters. The van der Waals surface area contributed by atoms with E-state index in [1.807, 2.05) is 18.2 Å². The Balaban J connectivity index is 1.78. The highest BCUT2D eigenvalue weighted by molar-refractivity contribution is 6.32. The summed E-state index contributed by atoms with van der Waals surface area (Å²) in [6, 6.07) is 17.3. The minimum atomic E-state index is -0.686. The summed E-state index contributed by atoms with van der Waals surface area (Å²) in [5.41, 5.74) is 1.30. The molecule has 3 rings (SSSR count). The number of methoxy groups -OCH3 is 1. The molecule has 0 unspecified atom stereocenters. The average molecular weight is 498 g/mol. The minimum Gasteiger partial charge on any atom is -0.493 e. The number of nitro groups is 1. The third-order valence-corrected chi connectivity index (χ3v) is 5.09. The smallest absolute Gasteiger partial charge is 0.269 e. The lowest BCUT2D eigenvalue weighted by Gasteiger charge is -2.14. The van der Waals surface area contributed by atoms with Crippen molar-refractivity contribution in [2.45, 2.75) is 6.61 Å². The highest BCUT2D eigenvalue weighted by atomic mass is 35.5. The van der Waals surface area contributed by atoms with Gasteiger partial charge in [-0.05, 0) is 53.6 Å². The highest BCUT2D eigenvalue weighted by Crippen LogP contribution is 2.37. The van der Waals surface area contributed by atoms with Gasteiger partial charge in [0.25, 0.3) is 11.6 Å². The Hall–Kier alpha value is -4.06. The molecule has 0 aliphatic carbocycles. The predicted molar refractivity (Wildman–Crippen MR) is 129 cm³/mol. The van der Waals surface area contributed by atoms with Crippen LogP contribution in [0.1, 0.15) is 11.1 Å². The SMILES string of the molecule is COc1cc(C=C(C#N)C(=O)Nc2ccc([N+](=O)[O-])cc2)cc(Cl)c1OCc1ccc(Cl)cc1. The van der Waals surface area contributed by atoms with E-state index in [-0.39, 0.29) is 22.9 Å². The molecule has 0 saturated heterocycles. The molecular formula is C24H17Cl2N3O5. The molecule has 1 N–H and O–H groups in total. The second-order valence-electron chi connectivity index (χ2n) is 6.88. The first-order valence-corrected chi connectivity index (χ1v) is 10.5. The third-order valence-electron chi connectivity index (χ3n) is 4.56. The van der Waals surface area contributed by atoms with Gasteiger partial charge >= 0.3 is 0 Å². The molecule has 1 amide bonds. The molecule has 0 spiro atoms. The molecule has 3 aromatic rings. The van der Waals surface area contributed by atoms with Crippen molar-refractivity contribution in [1.82, 2.24) is 0 Å². The van der Waals surface area contributed by atoms with E-state index in [0.717, 1.165) is 5.56 Å². The number of hydrogen-bond acceptors (Lipinski definition) is 6. The molecule has 0 radical (unpaired) electrons. The second kappa shape index (κ2) is 11.2. The van der Waals surface area contributed by atoms with Gasteiger partial charge < -0.3 is 14.8 Å². The molecule has 172 valence electrons. The van der Waals surface area contributed by atoms with Crippen LogP contribution in [0.25, 0.3) is 6.08 Å². The van der Waals surface area contributed by atoms with E-state index in [9.17, 15) is 20.2 Å². The Morgan fingerprint density at radius 3 is 2.41 bits per heavy atom. The number of nitro benzene ring substituents is 1. The number of nitrogens with zero attached hydrogens (tertiary/aromatic N) is 2. The summed E-state index contributed by atoms with van der Waals surface area (Å²) >= 11 is 12.3. The largest absolute Gasteiger partial charge is 0.493 e. The van der Waals surface area contributed by atoms with Crippen LogP contribution in [-0.4, -0.2) is 17.9 Å². The molecule has 0 saturated carbocycles. The summed E-state index contributed by atoms with van der Waals surface area (Å²) < 4.78 is 11.2. The quantitative estimate of drug-likeness (QED) is 0.175. The van der Waals surface area contributed by atoms with Crippen molar-refractivity contribution < 1.29 is 19.2 Å². The van der Waals surface area contributed by atoms with Crippen LogP contribution < -0.4 is 14.8 Å². The zero-order valence-electron chi connectivity index (χ0n) is 17.7. The topological polar surface area (TPSA) is 114 Å². The maximum Gasteiger partial charge on any atom is 0.269 e. The molecule has 0 aliphatic heterocycles. The van der Waals surface area contributed by atoms with Gasteiger partial charge in [0, 0.05) is 22.8 Å². The number of nitriles is 1. The second-order valence-corrected chi connectivity index (χ2v) is 7.72. The number of carbonyl (C=O) groups is 1. The summed E-state index contributed by atoms with van der Waals surface area (Å²) in [4.78, 5) is 22.7. The van der Waals surface area contributed by atoms with E-state index in [2.05, 4.69) is 5.32 Å². The Labute approximate surface area is 205 Å². The van der Waals surface area contributed by atoms with Gasteiger partial charge in [0.15, 0.2) is 11.5 Å². The first-order chi connectivity index (χ1) is 16.3. The van der Waals surface area contributed by atoms with Crippen molar-refractivity contribution in [3.05, 3.63) is 97.5 Å². The summed E-state index contributed by atoms with van der Waals surface area (Å²) in [5.74, 6) is -0.0552. The normalized spacial score (nSPS) is 10.8. The van der Waals surface area contributed by atoms with Crippen LogP contribution >= 0.6 is 23.2 Å². The predicted octanol–water partition coefficient (Wildman–Crippen LogP) is 6.03. The van der Waals surface area contributed by atoms with E-state index in [0.29, 0.717) is 27.8 Å². The summed E-state index contributed by atoms with van der Waals surface area (Å²) in [5, 5.41) is 23.6. The third kappa shape index (κ3) is 6.25. The van der Waals surface area contributed by atoms with Crippen molar-refractivity contribution in [3.8, 4) is 17.6 Å². The first-order valence-electron chi connectivity index (χ1n) is 9.73. The van der Waals surface area contributed by atoms with E-state index in [4.69, 9.17) is 32.7 Å². The molecule has 0 aliphatic rings. The zero-order chi connectivity index (χ0) is 24.7. The first kappa shape index (κ1) is 24.6. The number of nitrogens with one attached hydrogen (secondary N) is 1. The molecule has 0 fully saturated rings. The monoisotopic (exact) mass is 497 g/mol. The van der Waals surface area contributed by atoms with E-state index < -0.39 is 10.8 Å². The highest BCUT2D eigenvalue weighted by Gasteiger charge is 2.15. The van der Waals surface area contributed by atoms with E-state index in [1.165, 1.54) is 43.5 Å². The lowest BCUT2D eigenvalue weighted by Crippen LogP contribution is -2.13. The van der Waals surface area contributed by atoms with Crippen molar-refractivity contribution in [3.63, 3.8) is 0 Å². The molecule has 0 bridgehead atoms. The number of ether oxygens (including phenoxy) is 2.